The minimum Gasteiger partial charge on any atom is -0.384 e. The van der Waals surface area contributed by atoms with Gasteiger partial charge in [0.05, 0.1) is 6.61 Å². The van der Waals surface area contributed by atoms with Gasteiger partial charge >= 0.3 is 0 Å². The third-order valence-corrected chi connectivity index (χ3v) is 1.89. The highest BCUT2D eigenvalue weighted by molar-refractivity contribution is 6.40. The van der Waals surface area contributed by atoms with E-state index in [1.54, 1.807) is 0 Å². The third kappa shape index (κ3) is 3.78. The van der Waals surface area contributed by atoms with Crippen molar-refractivity contribution in [1.82, 2.24) is 0 Å². The van der Waals surface area contributed by atoms with E-state index in [2.05, 4.69) is 10.1 Å². The van der Waals surface area contributed by atoms with E-state index in [1.807, 2.05) is 0 Å². The van der Waals surface area contributed by atoms with Crippen LogP contribution in [0.1, 0.15) is 6.42 Å². The van der Waals surface area contributed by atoms with Crippen molar-refractivity contribution in [2.24, 2.45) is 0 Å². The van der Waals surface area contributed by atoms with Gasteiger partial charge in [-0.1, -0.05) is 0 Å². The quantitative estimate of drug-likeness (QED) is 0.770. The monoisotopic (exact) mass is 225 g/mol. The molecular formula is C11H12FNO3. The van der Waals surface area contributed by atoms with Crippen LogP contribution in [-0.2, 0) is 14.3 Å². The van der Waals surface area contributed by atoms with Gasteiger partial charge in [0, 0.05) is 19.2 Å². The van der Waals surface area contributed by atoms with Crippen molar-refractivity contribution in [3.8, 4) is 0 Å². The molecule has 16 heavy (non-hydrogen) atoms. The molecule has 0 atom stereocenters. The van der Waals surface area contributed by atoms with Gasteiger partial charge in [-0.25, -0.2) is 4.39 Å². The Morgan fingerprint density at radius 2 is 1.94 bits per heavy atom. The molecule has 0 aliphatic heterocycles. The maximum absolute atomic E-state index is 12.6. The fourth-order valence-electron chi connectivity index (χ4n) is 1.04. The van der Waals surface area contributed by atoms with Gasteiger partial charge in [-0.3, -0.25) is 9.59 Å². The highest BCUT2D eigenvalue weighted by Gasteiger charge is 2.12. The van der Waals surface area contributed by atoms with E-state index < -0.39 is 17.5 Å². The SMILES string of the molecule is COCCC(=O)C(=O)Nc1ccc(F)cc1. The van der Waals surface area contributed by atoms with Crippen molar-refractivity contribution in [2.75, 3.05) is 19.0 Å². The van der Waals surface area contributed by atoms with Gasteiger partial charge in [0.25, 0.3) is 5.91 Å². The Bertz CT molecular complexity index is 375. The lowest BCUT2D eigenvalue weighted by molar-refractivity contribution is -0.135. The third-order valence-electron chi connectivity index (χ3n) is 1.89. The van der Waals surface area contributed by atoms with Crippen molar-refractivity contribution in [2.45, 2.75) is 6.42 Å². The molecule has 0 spiro atoms. The fraction of sp³-hybridized carbons (Fsp3) is 0.273. The second kappa shape index (κ2) is 5.97. The molecule has 5 heteroatoms. The zero-order chi connectivity index (χ0) is 12.0. The number of methoxy groups -OCH3 is 1. The number of hydrogen-bond acceptors (Lipinski definition) is 3. The Hall–Kier alpha value is -1.75. The molecule has 0 heterocycles. The molecule has 86 valence electrons. The number of Topliss-reactive ketones (excluding diaryl/α,β-unsaturated/α-hetero) is 1. The molecule has 0 fully saturated rings. The number of carbonyl (C=O) groups excluding carboxylic acids is 2. The van der Waals surface area contributed by atoms with Gasteiger partial charge in [-0.05, 0) is 24.3 Å². The van der Waals surface area contributed by atoms with E-state index in [9.17, 15) is 14.0 Å². The van der Waals surface area contributed by atoms with Crippen LogP contribution in [0.5, 0.6) is 0 Å². The minimum absolute atomic E-state index is 0.0313. The number of ether oxygens (including phenoxy) is 1. The van der Waals surface area contributed by atoms with Crippen molar-refractivity contribution in [3.63, 3.8) is 0 Å². The van der Waals surface area contributed by atoms with Crippen LogP contribution >= 0.6 is 0 Å². The molecule has 0 unspecified atom stereocenters. The first-order valence-electron chi connectivity index (χ1n) is 4.72. The first-order valence-corrected chi connectivity index (χ1v) is 4.72. The van der Waals surface area contributed by atoms with Crippen LogP contribution in [0.25, 0.3) is 0 Å². The first-order chi connectivity index (χ1) is 7.63. The second-order valence-electron chi connectivity index (χ2n) is 3.13. The van der Waals surface area contributed by atoms with E-state index in [0.717, 1.165) is 0 Å². The Morgan fingerprint density at radius 3 is 2.50 bits per heavy atom. The molecule has 0 bridgehead atoms. The Labute approximate surface area is 92.4 Å². The summed E-state index contributed by atoms with van der Waals surface area (Å²) in [5, 5.41) is 2.37. The molecule has 0 saturated heterocycles. The van der Waals surface area contributed by atoms with Gasteiger partial charge < -0.3 is 10.1 Å². The number of ketones is 1. The van der Waals surface area contributed by atoms with Gasteiger partial charge in [0.1, 0.15) is 5.82 Å². The maximum Gasteiger partial charge on any atom is 0.291 e. The smallest absolute Gasteiger partial charge is 0.291 e. The molecule has 0 aliphatic rings. The highest BCUT2D eigenvalue weighted by atomic mass is 19.1. The predicted octanol–water partition coefficient (Wildman–Crippen LogP) is 1.37. The summed E-state index contributed by atoms with van der Waals surface area (Å²) in [6.07, 6.45) is 0.0313. The van der Waals surface area contributed by atoms with Gasteiger partial charge in [0.2, 0.25) is 5.78 Å². The van der Waals surface area contributed by atoms with Crippen molar-refractivity contribution < 1.29 is 18.7 Å². The average molecular weight is 225 g/mol. The summed E-state index contributed by atoms with van der Waals surface area (Å²) in [4.78, 5) is 22.5. The molecule has 1 aromatic carbocycles. The van der Waals surface area contributed by atoms with E-state index >= 15 is 0 Å². The molecular weight excluding hydrogens is 213 g/mol. The summed E-state index contributed by atoms with van der Waals surface area (Å²) in [5.74, 6) is -1.68. The maximum atomic E-state index is 12.6. The van der Waals surface area contributed by atoms with E-state index in [-0.39, 0.29) is 13.0 Å². The number of rotatable bonds is 5. The molecule has 1 rings (SSSR count). The number of nitrogens with one attached hydrogen (secondary N) is 1. The topological polar surface area (TPSA) is 55.4 Å². The number of hydrogen-bond donors (Lipinski definition) is 1. The zero-order valence-corrected chi connectivity index (χ0v) is 8.83. The summed E-state index contributed by atoms with van der Waals surface area (Å²) in [7, 11) is 1.45. The van der Waals surface area contributed by atoms with Crippen LogP contribution in [-0.4, -0.2) is 25.4 Å². The molecule has 0 radical (unpaired) electrons. The highest BCUT2D eigenvalue weighted by Crippen LogP contribution is 2.08. The summed E-state index contributed by atoms with van der Waals surface area (Å²) < 4.78 is 17.2. The lowest BCUT2D eigenvalue weighted by Crippen LogP contribution is -2.23. The first kappa shape index (κ1) is 12.3. The molecule has 4 nitrogen and oxygen atoms in total. The Morgan fingerprint density at radius 1 is 1.31 bits per heavy atom. The van der Waals surface area contributed by atoms with Gasteiger partial charge in [-0.2, -0.15) is 0 Å². The summed E-state index contributed by atoms with van der Waals surface area (Å²) in [5.41, 5.74) is 0.386. The number of anilines is 1. The van der Waals surface area contributed by atoms with Crippen molar-refractivity contribution >= 4 is 17.4 Å². The average Bonchev–Trinajstić information content (AvgIpc) is 2.29. The largest absolute Gasteiger partial charge is 0.384 e. The normalized spacial score (nSPS) is 9.88. The Kier molecular flexibility index (Phi) is 4.60. The van der Waals surface area contributed by atoms with E-state index in [0.29, 0.717) is 5.69 Å². The second-order valence-corrected chi connectivity index (χ2v) is 3.13. The van der Waals surface area contributed by atoms with E-state index in [1.165, 1.54) is 31.4 Å². The van der Waals surface area contributed by atoms with Crippen LogP contribution in [0.4, 0.5) is 10.1 Å². The molecule has 0 saturated carbocycles. The molecule has 1 N–H and O–H groups in total. The summed E-state index contributed by atoms with van der Waals surface area (Å²) in [6, 6.07) is 5.18. The van der Waals surface area contributed by atoms with Crippen LogP contribution < -0.4 is 5.32 Å². The Balaban J connectivity index is 2.51. The van der Waals surface area contributed by atoms with Crippen LogP contribution in [0.2, 0.25) is 0 Å². The van der Waals surface area contributed by atoms with Gasteiger partial charge in [0.15, 0.2) is 0 Å². The van der Waals surface area contributed by atoms with Crippen LogP contribution in [0.3, 0.4) is 0 Å². The standard InChI is InChI=1S/C11H12FNO3/c1-16-7-6-10(14)11(15)13-9-4-2-8(12)3-5-9/h2-5H,6-7H2,1H3,(H,13,15). The predicted molar refractivity (Wildman–Crippen MR) is 56.5 cm³/mol. The minimum atomic E-state index is -0.719. The van der Waals surface area contributed by atoms with Gasteiger partial charge in [-0.15, -0.1) is 0 Å². The zero-order valence-electron chi connectivity index (χ0n) is 8.83. The molecule has 1 aromatic rings. The lowest BCUT2D eigenvalue weighted by atomic mass is 10.2. The molecule has 0 aromatic heterocycles. The van der Waals surface area contributed by atoms with Crippen LogP contribution in [0.15, 0.2) is 24.3 Å². The number of benzene rings is 1. The summed E-state index contributed by atoms with van der Waals surface area (Å²) in [6.45, 7) is 0.204. The molecule has 0 aliphatic carbocycles. The number of halogens is 1. The lowest BCUT2D eigenvalue weighted by Gasteiger charge is -2.03. The number of amides is 1. The van der Waals surface area contributed by atoms with Crippen molar-refractivity contribution in [1.29, 1.82) is 0 Å². The van der Waals surface area contributed by atoms with E-state index in [4.69, 9.17) is 0 Å². The van der Waals surface area contributed by atoms with Crippen molar-refractivity contribution in [3.05, 3.63) is 30.1 Å². The number of carbonyl (C=O) groups is 2. The van der Waals surface area contributed by atoms with Crippen LogP contribution in [0, 0.1) is 5.82 Å². The summed E-state index contributed by atoms with van der Waals surface area (Å²) >= 11 is 0. The fourth-order valence-corrected chi connectivity index (χ4v) is 1.04. The molecule has 1 amide bonds.